The van der Waals surface area contributed by atoms with Crippen LogP contribution in [0.1, 0.15) is 47.8 Å². The number of aromatic nitrogens is 2. The molecule has 110 valence electrons. The normalized spacial score (nSPS) is 16.0. The van der Waals surface area contributed by atoms with Gasteiger partial charge in [0.25, 0.3) is 0 Å². The molecule has 0 fully saturated rings. The third kappa shape index (κ3) is 3.30. The quantitative estimate of drug-likeness (QED) is 0.874. The molecule has 3 nitrogen and oxygen atoms in total. The first-order valence-electron chi connectivity index (χ1n) is 7.92. The lowest BCUT2D eigenvalue weighted by molar-refractivity contribution is 0.578. The molecule has 1 unspecified atom stereocenters. The molecule has 2 aromatic rings. The molecule has 0 spiro atoms. The highest BCUT2D eigenvalue weighted by Crippen LogP contribution is 2.24. The molecule has 1 atom stereocenters. The van der Waals surface area contributed by atoms with Gasteiger partial charge in [0.2, 0.25) is 0 Å². The third-order valence-corrected chi connectivity index (χ3v) is 4.41. The summed E-state index contributed by atoms with van der Waals surface area (Å²) in [6.45, 7) is 0. The van der Waals surface area contributed by atoms with Crippen LogP contribution in [0.3, 0.4) is 0 Å². The molecule has 21 heavy (non-hydrogen) atoms. The number of nitrogens with one attached hydrogen (secondary N) is 1. The van der Waals surface area contributed by atoms with Crippen LogP contribution in [-0.4, -0.2) is 17.0 Å². The molecule has 3 rings (SSSR count). The van der Waals surface area contributed by atoms with Crippen molar-refractivity contribution in [3.63, 3.8) is 0 Å². The Morgan fingerprint density at radius 1 is 1.05 bits per heavy atom. The van der Waals surface area contributed by atoms with E-state index in [1.54, 1.807) is 6.33 Å². The van der Waals surface area contributed by atoms with Crippen molar-refractivity contribution in [1.29, 1.82) is 0 Å². The maximum Gasteiger partial charge on any atom is 0.115 e. The van der Waals surface area contributed by atoms with Crippen molar-refractivity contribution >= 4 is 0 Å². The molecular formula is C18H23N3. The lowest BCUT2D eigenvalue weighted by Crippen LogP contribution is -2.20. The fraction of sp³-hybridized carbons (Fsp3) is 0.444. The van der Waals surface area contributed by atoms with Gasteiger partial charge in [-0.3, -0.25) is 0 Å². The molecule has 0 aliphatic heterocycles. The number of aryl methyl sites for hydroxylation is 1. The van der Waals surface area contributed by atoms with Gasteiger partial charge in [0.15, 0.2) is 0 Å². The highest BCUT2D eigenvalue weighted by atomic mass is 14.9. The van der Waals surface area contributed by atoms with E-state index in [1.165, 1.54) is 41.8 Å². The van der Waals surface area contributed by atoms with E-state index in [0.717, 1.165) is 19.3 Å². The second-order valence-corrected chi connectivity index (χ2v) is 5.76. The fourth-order valence-corrected chi connectivity index (χ4v) is 3.21. The highest BCUT2D eigenvalue weighted by Gasteiger charge is 2.18. The molecule has 1 heterocycles. The SMILES string of the molecule is CNC(Cc1ncnc2c1CCCCC2)c1ccccc1. The Hall–Kier alpha value is -1.74. The van der Waals surface area contributed by atoms with E-state index < -0.39 is 0 Å². The summed E-state index contributed by atoms with van der Waals surface area (Å²) in [5.74, 6) is 0. The highest BCUT2D eigenvalue weighted by molar-refractivity contribution is 5.29. The standard InChI is InChI=1S/C18H23N3/c1-19-17(14-8-4-2-5-9-14)12-18-15-10-6-3-7-11-16(15)20-13-21-18/h2,4-5,8-9,13,17,19H,3,6-7,10-12H2,1H3. The smallest absolute Gasteiger partial charge is 0.115 e. The van der Waals surface area contributed by atoms with Crippen molar-refractivity contribution in [1.82, 2.24) is 15.3 Å². The molecule has 0 saturated carbocycles. The van der Waals surface area contributed by atoms with Crippen LogP contribution in [-0.2, 0) is 19.3 Å². The van der Waals surface area contributed by atoms with Crippen molar-refractivity contribution in [2.45, 2.75) is 44.6 Å². The van der Waals surface area contributed by atoms with Gasteiger partial charge in [-0.2, -0.15) is 0 Å². The van der Waals surface area contributed by atoms with Crippen LogP contribution in [0.5, 0.6) is 0 Å². The zero-order valence-electron chi connectivity index (χ0n) is 12.7. The van der Waals surface area contributed by atoms with Crippen LogP contribution >= 0.6 is 0 Å². The van der Waals surface area contributed by atoms with E-state index in [2.05, 4.69) is 45.6 Å². The molecule has 1 aliphatic rings. The van der Waals surface area contributed by atoms with Crippen LogP contribution in [0, 0.1) is 0 Å². The van der Waals surface area contributed by atoms with Gasteiger partial charge in [-0.25, -0.2) is 9.97 Å². The first-order valence-corrected chi connectivity index (χ1v) is 7.92. The van der Waals surface area contributed by atoms with E-state index in [1.807, 2.05) is 7.05 Å². The van der Waals surface area contributed by atoms with Crippen molar-refractivity contribution in [3.05, 3.63) is 59.2 Å². The minimum atomic E-state index is 0.313. The van der Waals surface area contributed by atoms with Crippen LogP contribution in [0.4, 0.5) is 0 Å². The molecule has 0 saturated heterocycles. The van der Waals surface area contributed by atoms with Gasteiger partial charge in [0, 0.05) is 23.9 Å². The molecule has 0 bridgehead atoms. The molecule has 0 radical (unpaired) electrons. The van der Waals surface area contributed by atoms with E-state index in [4.69, 9.17) is 0 Å². The molecule has 1 aromatic heterocycles. The van der Waals surface area contributed by atoms with Crippen LogP contribution in [0.15, 0.2) is 36.7 Å². The summed E-state index contributed by atoms with van der Waals surface area (Å²) in [4.78, 5) is 9.11. The zero-order valence-corrected chi connectivity index (χ0v) is 12.7. The molecule has 1 aliphatic carbocycles. The number of likely N-dealkylation sites (N-methyl/N-ethyl adjacent to an activating group) is 1. The average molecular weight is 281 g/mol. The third-order valence-electron chi connectivity index (χ3n) is 4.41. The number of hydrogen-bond acceptors (Lipinski definition) is 3. The van der Waals surface area contributed by atoms with Gasteiger partial charge >= 0.3 is 0 Å². The van der Waals surface area contributed by atoms with E-state index >= 15 is 0 Å². The first kappa shape index (κ1) is 14.2. The maximum absolute atomic E-state index is 4.60. The predicted molar refractivity (Wildman–Crippen MR) is 85.2 cm³/mol. The number of nitrogens with zero attached hydrogens (tertiary/aromatic N) is 2. The van der Waals surface area contributed by atoms with Gasteiger partial charge < -0.3 is 5.32 Å². The molecule has 0 amide bonds. The van der Waals surface area contributed by atoms with Crippen LogP contribution in [0.25, 0.3) is 0 Å². The van der Waals surface area contributed by atoms with Gasteiger partial charge in [0.1, 0.15) is 6.33 Å². The predicted octanol–water partition coefficient (Wildman–Crippen LogP) is 3.25. The molecule has 1 N–H and O–H groups in total. The summed E-state index contributed by atoms with van der Waals surface area (Å²) in [5.41, 5.74) is 5.23. The number of fused-ring (bicyclic) bond motifs is 1. The number of benzene rings is 1. The minimum Gasteiger partial charge on any atom is -0.313 e. The molecule has 1 aromatic carbocycles. The Bertz CT molecular complexity index is 580. The fourth-order valence-electron chi connectivity index (χ4n) is 3.21. The van der Waals surface area contributed by atoms with E-state index in [-0.39, 0.29) is 0 Å². The first-order chi connectivity index (χ1) is 10.4. The van der Waals surface area contributed by atoms with Gasteiger partial charge in [-0.15, -0.1) is 0 Å². The maximum atomic E-state index is 4.60. The van der Waals surface area contributed by atoms with Crippen molar-refractivity contribution in [3.8, 4) is 0 Å². The van der Waals surface area contributed by atoms with Gasteiger partial charge in [0.05, 0.1) is 0 Å². The van der Waals surface area contributed by atoms with Gasteiger partial charge in [-0.05, 0) is 43.9 Å². The van der Waals surface area contributed by atoms with Crippen LogP contribution in [0.2, 0.25) is 0 Å². The second-order valence-electron chi connectivity index (χ2n) is 5.76. The lowest BCUT2D eigenvalue weighted by Gasteiger charge is -2.18. The average Bonchev–Trinajstić information content (AvgIpc) is 2.79. The molecule has 3 heteroatoms. The van der Waals surface area contributed by atoms with Crippen molar-refractivity contribution in [2.75, 3.05) is 7.05 Å². The van der Waals surface area contributed by atoms with Crippen molar-refractivity contribution < 1.29 is 0 Å². The minimum absolute atomic E-state index is 0.313. The second kappa shape index (κ2) is 6.81. The summed E-state index contributed by atoms with van der Waals surface area (Å²) >= 11 is 0. The summed E-state index contributed by atoms with van der Waals surface area (Å²) < 4.78 is 0. The Labute approximate surface area is 126 Å². The number of hydrogen-bond donors (Lipinski definition) is 1. The Balaban J connectivity index is 1.87. The van der Waals surface area contributed by atoms with Gasteiger partial charge in [-0.1, -0.05) is 36.8 Å². The number of rotatable bonds is 4. The van der Waals surface area contributed by atoms with Crippen molar-refractivity contribution in [2.24, 2.45) is 0 Å². The summed E-state index contributed by atoms with van der Waals surface area (Å²) in [6, 6.07) is 10.9. The summed E-state index contributed by atoms with van der Waals surface area (Å²) in [6.07, 6.45) is 8.77. The Morgan fingerprint density at radius 3 is 2.67 bits per heavy atom. The monoisotopic (exact) mass is 281 g/mol. The Kier molecular flexibility index (Phi) is 4.61. The van der Waals surface area contributed by atoms with E-state index in [0.29, 0.717) is 6.04 Å². The Morgan fingerprint density at radius 2 is 1.86 bits per heavy atom. The lowest BCUT2D eigenvalue weighted by atomic mass is 9.97. The largest absolute Gasteiger partial charge is 0.313 e. The van der Waals surface area contributed by atoms with Crippen LogP contribution < -0.4 is 5.32 Å². The van der Waals surface area contributed by atoms with E-state index in [9.17, 15) is 0 Å². The summed E-state index contributed by atoms with van der Waals surface area (Å²) in [5, 5.41) is 3.43. The zero-order chi connectivity index (χ0) is 14.5. The molecular weight excluding hydrogens is 258 g/mol. The topological polar surface area (TPSA) is 37.8 Å². The summed E-state index contributed by atoms with van der Waals surface area (Å²) in [7, 11) is 2.03.